The van der Waals surface area contributed by atoms with Crippen LogP contribution in [-0.2, 0) is 4.79 Å². The molecule has 1 aliphatic heterocycles. The van der Waals surface area contributed by atoms with Crippen molar-refractivity contribution in [1.29, 1.82) is 0 Å². The first kappa shape index (κ1) is 11.8. The van der Waals surface area contributed by atoms with E-state index in [9.17, 15) is 4.79 Å². The SMILES string of the molecule is O=C1CSC(=S)N1c1nc(-c2ccccc2)cs1. The molecule has 1 saturated heterocycles. The van der Waals surface area contributed by atoms with Gasteiger partial charge in [0.15, 0.2) is 5.13 Å². The molecule has 0 saturated carbocycles. The summed E-state index contributed by atoms with van der Waals surface area (Å²) < 4.78 is 0.592. The molecular formula is C12H8N2OS3. The van der Waals surface area contributed by atoms with Crippen molar-refractivity contribution in [3.63, 3.8) is 0 Å². The molecule has 0 radical (unpaired) electrons. The third kappa shape index (κ3) is 2.07. The molecule has 1 aromatic carbocycles. The number of nitrogens with zero attached hydrogens (tertiary/aromatic N) is 2. The van der Waals surface area contributed by atoms with Gasteiger partial charge in [-0.3, -0.25) is 4.79 Å². The van der Waals surface area contributed by atoms with Gasteiger partial charge in [-0.05, 0) is 0 Å². The van der Waals surface area contributed by atoms with Crippen LogP contribution in [0.5, 0.6) is 0 Å². The van der Waals surface area contributed by atoms with Gasteiger partial charge in [0.05, 0.1) is 11.4 Å². The van der Waals surface area contributed by atoms with Crippen LogP contribution in [0, 0.1) is 0 Å². The fourth-order valence-corrected chi connectivity index (χ4v) is 3.68. The fourth-order valence-electron chi connectivity index (χ4n) is 1.65. The Kier molecular flexibility index (Phi) is 3.15. The lowest BCUT2D eigenvalue weighted by Gasteiger charge is -2.09. The lowest BCUT2D eigenvalue weighted by Crippen LogP contribution is -2.27. The number of benzene rings is 1. The van der Waals surface area contributed by atoms with Gasteiger partial charge in [0.25, 0.3) is 0 Å². The highest BCUT2D eigenvalue weighted by Gasteiger charge is 2.30. The number of aromatic nitrogens is 1. The first-order valence-corrected chi connectivity index (χ1v) is 7.54. The minimum Gasteiger partial charge on any atom is -0.273 e. The van der Waals surface area contributed by atoms with Gasteiger partial charge in [0.2, 0.25) is 5.91 Å². The second-order valence-electron chi connectivity index (χ2n) is 3.67. The number of carbonyl (C=O) groups excluding carboxylic acids is 1. The van der Waals surface area contributed by atoms with Crippen molar-refractivity contribution in [3.05, 3.63) is 35.7 Å². The molecular weight excluding hydrogens is 284 g/mol. The number of thiazole rings is 1. The molecule has 3 rings (SSSR count). The molecule has 6 heteroatoms. The number of hydrogen-bond donors (Lipinski definition) is 0. The molecule has 0 N–H and O–H groups in total. The van der Waals surface area contributed by atoms with Crippen molar-refractivity contribution in [3.8, 4) is 11.3 Å². The van der Waals surface area contributed by atoms with Crippen LogP contribution in [0.15, 0.2) is 35.7 Å². The molecule has 0 bridgehead atoms. The molecule has 2 heterocycles. The van der Waals surface area contributed by atoms with Crippen LogP contribution in [0.2, 0.25) is 0 Å². The van der Waals surface area contributed by atoms with Gasteiger partial charge in [-0.25, -0.2) is 9.88 Å². The van der Waals surface area contributed by atoms with E-state index in [2.05, 4.69) is 4.98 Å². The van der Waals surface area contributed by atoms with Crippen LogP contribution in [0.1, 0.15) is 0 Å². The topological polar surface area (TPSA) is 33.2 Å². The number of amides is 1. The fraction of sp³-hybridized carbons (Fsp3) is 0.0833. The Balaban J connectivity index is 1.95. The standard InChI is InChI=1S/C12H8N2OS3/c15-10-7-18-12(16)14(10)11-13-9(6-17-11)8-4-2-1-3-5-8/h1-6H,7H2. The van der Waals surface area contributed by atoms with E-state index in [1.165, 1.54) is 28.0 Å². The van der Waals surface area contributed by atoms with Gasteiger partial charge < -0.3 is 0 Å². The summed E-state index contributed by atoms with van der Waals surface area (Å²) in [5, 5.41) is 2.61. The normalized spacial score (nSPS) is 15.4. The zero-order chi connectivity index (χ0) is 12.5. The maximum Gasteiger partial charge on any atom is 0.244 e. The third-order valence-electron chi connectivity index (χ3n) is 2.50. The molecule has 18 heavy (non-hydrogen) atoms. The van der Waals surface area contributed by atoms with Gasteiger partial charge in [0.1, 0.15) is 4.32 Å². The number of anilines is 1. The van der Waals surface area contributed by atoms with E-state index in [4.69, 9.17) is 12.2 Å². The van der Waals surface area contributed by atoms with E-state index < -0.39 is 0 Å². The Hall–Kier alpha value is -1.24. The second-order valence-corrected chi connectivity index (χ2v) is 6.11. The average Bonchev–Trinajstić information content (AvgIpc) is 2.98. The Labute approximate surface area is 118 Å². The highest BCUT2D eigenvalue weighted by atomic mass is 32.2. The van der Waals surface area contributed by atoms with Crippen LogP contribution in [0.4, 0.5) is 5.13 Å². The Morgan fingerprint density at radius 1 is 1.28 bits per heavy atom. The maximum atomic E-state index is 11.7. The zero-order valence-corrected chi connectivity index (χ0v) is 11.6. The van der Waals surface area contributed by atoms with E-state index in [1.807, 2.05) is 35.7 Å². The number of hydrogen-bond acceptors (Lipinski definition) is 5. The number of thioether (sulfide) groups is 1. The Morgan fingerprint density at radius 2 is 2.06 bits per heavy atom. The van der Waals surface area contributed by atoms with E-state index in [0.717, 1.165) is 11.3 Å². The van der Waals surface area contributed by atoms with Gasteiger partial charge >= 0.3 is 0 Å². The summed E-state index contributed by atoms with van der Waals surface area (Å²) in [7, 11) is 0. The average molecular weight is 292 g/mol. The summed E-state index contributed by atoms with van der Waals surface area (Å²) in [5.41, 5.74) is 1.92. The van der Waals surface area contributed by atoms with Crippen LogP contribution in [0.3, 0.4) is 0 Å². The maximum absolute atomic E-state index is 11.7. The van der Waals surface area contributed by atoms with Crippen molar-refractivity contribution in [1.82, 2.24) is 4.98 Å². The lowest BCUT2D eigenvalue weighted by atomic mass is 10.2. The van der Waals surface area contributed by atoms with Crippen LogP contribution >= 0.6 is 35.3 Å². The van der Waals surface area contributed by atoms with Crippen LogP contribution < -0.4 is 4.90 Å². The van der Waals surface area contributed by atoms with Gasteiger partial charge in [-0.15, -0.1) is 11.3 Å². The molecule has 90 valence electrons. The van der Waals surface area contributed by atoms with Gasteiger partial charge in [0, 0.05) is 10.9 Å². The minimum absolute atomic E-state index is 0.0129. The number of carbonyl (C=O) groups is 1. The highest BCUT2D eigenvalue weighted by molar-refractivity contribution is 8.24. The summed E-state index contributed by atoms with van der Waals surface area (Å²) in [6.45, 7) is 0. The first-order valence-electron chi connectivity index (χ1n) is 5.26. The largest absolute Gasteiger partial charge is 0.273 e. The van der Waals surface area contributed by atoms with E-state index in [0.29, 0.717) is 15.2 Å². The van der Waals surface area contributed by atoms with Crippen molar-refractivity contribution in [2.75, 3.05) is 10.7 Å². The molecule has 0 aliphatic carbocycles. The van der Waals surface area contributed by atoms with Crippen molar-refractivity contribution in [2.45, 2.75) is 0 Å². The molecule has 2 aromatic rings. The molecule has 1 amide bonds. The van der Waals surface area contributed by atoms with E-state index >= 15 is 0 Å². The molecule has 0 spiro atoms. The van der Waals surface area contributed by atoms with E-state index in [1.54, 1.807) is 0 Å². The highest BCUT2D eigenvalue weighted by Crippen LogP contribution is 2.32. The summed E-state index contributed by atoms with van der Waals surface area (Å²) in [4.78, 5) is 17.7. The molecule has 1 fully saturated rings. The number of rotatable bonds is 2. The first-order chi connectivity index (χ1) is 8.75. The van der Waals surface area contributed by atoms with Gasteiger partial charge in [-0.1, -0.05) is 54.3 Å². The molecule has 1 aromatic heterocycles. The summed E-state index contributed by atoms with van der Waals surface area (Å²) in [6, 6.07) is 9.90. The Morgan fingerprint density at radius 3 is 2.72 bits per heavy atom. The third-order valence-corrected chi connectivity index (χ3v) is 4.69. The minimum atomic E-state index is 0.0129. The summed E-state index contributed by atoms with van der Waals surface area (Å²) in [5.74, 6) is 0.429. The summed E-state index contributed by atoms with van der Waals surface area (Å²) in [6.07, 6.45) is 0. The second kappa shape index (κ2) is 4.79. The lowest BCUT2D eigenvalue weighted by molar-refractivity contribution is -0.115. The van der Waals surface area contributed by atoms with Crippen molar-refractivity contribution < 1.29 is 4.79 Å². The monoisotopic (exact) mass is 292 g/mol. The molecule has 3 nitrogen and oxygen atoms in total. The molecule has 1 aliphatic rings. The number of thiocarbonyl (C=S) groups is 1. The zero-order valence-electron chi connectivity index (χ0n) is 9.20. The van der Waals surface area contributed by atoms with Crippen LogP contribution in [-0.4, -0.2) is 21.0 Å². The van der Waals surface area contributed by atoms with Gasteiger partial charge in [-0.2, -0.15) is 0 Å². The van der Waals surface area contributed by atoms with Crippen LogP contribution in [0.25, 0.3) is 11.3 Å². The smallest absolute Gasteiger partial charge is 0.244 e. The summed E-state index contributed by atoms with van der Waals surface area (Å²) >= 11 is 7.99. The van der Waals surface area contributed by atoms with E-state index in [-0.39, 0.29) is 5.91 Å². The van der Waals surface area contributed by atoms with Crippen molar-refractivity contribution in [2.24, 2.45) is 0 Å². The predicted octanol–water partition coefficient (Wildman–Crippen LogP) is 3.17. The predicted molar refractivity (Wildman–Crippen MR) is 80.1 cm³/mol. The Bertz CT molecular complexity index is 593. The quantitative estimate of drug-likeness (QED) is 0.796. The molecule has 0 atom stereocenters. The van der Waals surface area contributed by atoms with Crippen molar-refractivity contribution >= 4 is 50.7 Å². The molecule has 0 unspecified atom stereocenters.